The quantitative estimate of drug-likeness (QED) is 0.692. The van der Waals surface area contributed by atoms with Crippen LogP contribution in [0.2, 0.25) is 5.02 Å². The monoisotopic (exact) mass is 417 g/mol. The van der Waals surface area contributed by atoms with Gasteiger partial charge in [0.2, 0.25) is 0 Å². The van der Waals surface area contributed by atoms with E-state index in [2.05, 4.69) is 10.1 Å². The maximum atomic E-state index is 13.5. The number of hydrogen-bond acceptors (Lipinski definition) is 4. The number of aryl methyl sites for hydroxylation is 1. The number of aromatic nitrogens is 3. The number of pyridine rings is 1. The lowest BCUT2D eigenvalue weighted by atomic mass is 10.0. The van der Waals surface area contributed by atoms with Crippen LogP contribution in [-0.2, 0) is 20.0 Å². The summed E-state index contributed by atoms with van der Waals surface area (Å²) in [6.45, 7) is 0.491. The fourth-order valence-electron chi connectivity index (χ4n) is 3.68. The van der Waals surface area contributed by atoms with Crippen LogP contribution in [-0.4, -0.2) is 38.2 Å². The van der Waals surface area contributed by atoms with Gasteiger partial charge in [-0.2, -0.15) is 5.10 Å². The van der Waals surface area contributed by atoms with Crippen molar-refractivity contribution in [1.82, 2.24) is 19.7 Å². The molecule has 0 saturated heterocycles. The highest BCUT2D eigenvalue weighted by atomic mass is 35.5. The number of halogens is 3. The van der Waals surface area contributed by atoms with E-state index in [1.165, 1.54) is 24.5 Å². The second kappa shape index (κ2) is 7.53. The van der Waals surface area contributed by atoms with E-state index in [1.807, 2.05) is 6.07 Å². The molecule has 0 aliphatic carbocycles. The summed E-state index contributed by atoms with van der Waals surface area (Å²) in [4.78, 5) is 18.9. The molecule has 9 heteroatoms. The zero-order valence-electron chi connectivity index (χ0n) is 15.6. The summed E-state index contributed by atoms with van der Waals surface area (Å²) < 4.78 is 28.7. The number of benzene rings is 1. The molecule has 29 heavy (non-hydrogen) atoms. The van der Waals surface area contributed by atoms with Crippen molar-refractivity contribution < 1.29 is 13.6 Å². The van der Waals surface area contributed by atoms with E-state index in [0.29, 0.717) is 34.1 Å². The Morgan fingerprint density at radius 2 is 1.93 bits per heavy atom. The van der Waals surface area contributed by atoms with Crippen molar-refractivity contribution in [2.24, 2.45) is 12.8 Å². The lowest BCUT2D eigenvalue weighted by molar-refractivity contribution is 0.0708. The largest absolute Gasteiger partial charge is 0.330 e. The second-order valence-corrected chi connectivity index (χ2v) is 7.40. The Kier molecular flexibility index (Phi) is 5.06. The first-order chi connectivity index (χ1) is 13.9. The highest BCUT2D eigenvalue weighted by molar-refractivity contribution is 6.32. The first kappa shape index (κ1) is 19.5. The van der Waals surface area contributed by atoms with E-state index in [0.717, 1.165) is 11.6 Å². The van der Waals surface area contributed by atoms with E-state index in [9.17, 15) is 13.6 Å². The van der Waals surface area contributed by atoms with Gasteiger partial charge in [-0.1, -0.05) is 11.6 Å². The van der Waals surface area contributed by atoms with Gasteiger partial charge in [0.1, 0.15) is 17.3 Å². The molecule has 1 amide bonds. The Bertz CT molecular complexity index is 1060. The van der Waals surface area contributed by atoms with Gasteiger partial charge in [0, 0.05) is 38.4 Å². The first-order valence-corrected chi connectivity index (χ1v) is 9.38. The summed E-state index contributed by atoms with van der Waals surface area (Å²) in [5.41, 5.74) is 8.89. The molecule has 1 aliphatic rings. The molecular weight excluding hydrogens is 400 g/mol. The number of hydrogen-bond donors (Lipinski definition) is 1. The van der Waals surface area contributed by atoms with Crippen molar-refractivity contribution in [3.05, 3.63) is 70.0 Å². The minimum atomic E-state index is -0.659. The molecule has 0 unspecified atom stereocenters. The molecule has 1 aliphatic heterocycles. The van der Waals surface area contributed by atoms with Gasteiger partial charge in [-0.05, 0) is 35.7 Å². The van der Waals surface area contributed by atoms with Crippen LogP contribution in [0.4, 0.5) is 8.78 Å². The number of amides is 1. The van der Waals surface area contributed by atoms with Crippen LogP contribution in [0.5, 0.6) is 0 Å². The zero-order chi connectivity index (χ0) is 20.7. The number of nitrogens with zero attached hydrogens (tertiary/aromatic N) is 4. The molecule has 3 heterocycles. The van der Waals surface area contributed by atoms with Crippen molar-refractivity contribution in [2.45, 2.75) is 19.0 Å². The minimum absolute atomic E-state index is 0.158. The van der Waals surface area contributed by atoms with Crippen LogP contribution in [0.1, 0.15) is 21.5 Å². The molecule has 2 N–H and O–H groups in total. The third kappa shape index (κ3) is 3.61. The van der Waals surface area contributed by atoms with Crippen LogP contribution < -0.4 is 5.73 Å². The summed E-state index contributed by atoms with van der Waals surface area (Å²) in [6.07, 6.45) is 3.30. The number of fused-ring (bicyclic) bond motifs is 1. The van der Waals surface area contributed by atoms with E-state index >= 15 is 0 Å². The fourth-order valence-corrected chi connectivity index (χ4v) is 3.94. The van der Waals surface area contributed by atoms with Crippen LogP contribution in [0, 0.1) is 11.6 Å². The van der Waals surface area contributed by atoms with Gasteiger partial charge < -0.3 is 10.6 Å². The zero-order valence-corrected chi connectivity index (χ0v) is 16.3. The van der Waals surface area contributed by atoms with Crippen LogP contribution in [0.15, 0.2) is 36.7 Å². The number of carbonyl (C=O) groups is 1. The molecular formula is C20H18ClF2N5O. The van der Waals surface area contributed by atoms with E-state index in [4.69, 9.17) is 17.3 Å². The molecule has 0 bridgehead atoms. The number of carbonyl (C=O) groups excluding carboxylic acids is 1. The molecule has 1 atom stereocenters. The molecule has 4 rings (SSSR count). The van der Waals surface area contributed by atoms with Gasteiger partial charge in [-0.15, -0.1) is 0 Å². The third-order valence-electron chi connectivity index (χ3n) is 5.06. The molecule has 3 aromatic rings. The topological polar surface area (TPSA) is 77.0 Å². The molecule has 0 spiro atoms. The third-order valence-corrected chi connectivity index (χ3v) is 5.34. The summed E-state index contributed by atoms with van der Waals surface area (Å²) in [5, 5.41) is 4.57. The normalized spacial score (nSPS) is 14.4. The van der Waals surface area contributed by atoms with E-state index in [1.54, 1.807) is 16.6 Å². The van der Waals surface area contributed by atoms with Crippen LogP contribution in [0.25, 0.3) is 11.4 Å². The smallest absolute Gasteiger partial charge is 0.256 e. The standard InChI is InChI=1S/C20H18ClF2N5O/c1-27-19(17(21)9-26-27)18-5-12-10-28(20(29)16(12)8-25-18)15(7-24)4-11-2-13(22)6-14(23)3-11/h2-3,5-6,8-9,15H,4,7,10,24H2,1H3/t15-/m0/s1. The van der Waals surface area contributed by atoms with Crippen molar-refractivity contribution in [2.75, 3.05) is 6.54 Å². The Balaban J connectivity index is 1.61. The van der Waals surface area contributed by atoms with E-state index < -0.39 is 17.7 Å². The SMILES string of the molecule is Cn1ncc(Cl)c1-c1cc2c(cn1)C(=O)N([C@H](CN)Cc1cc(F)cc(F)c1)C2. The summed E-state index contributed by atoms with van der Waals surface area (Å²) >= 11 is 6.20. The summed E-state index contributed by atoms with van der Waals surface area (Å²) in [6, 6.07) is 4.73. The summed E-state index contributed by atoms with van der Waals surface area (Å²) in [5.74, 6) is -1.52. The molecule has 0 saturated carbocycles. The van der Waals surface area contributed by atoms with Gasteiger partial charge in [0.25, 0.3) is 5.91 Å². The highest BCUT2D eigenvalue weighted by Crippen LogP contribution is 2.31. The van der Waals surface area contributed by atoms with Crippen LogP contribution >= 0.6 is 11.6 Å². The lowest BCUT2D eigenvalue weighted by Gasteiger charge is -2.26. The van der Waals surface area contributed by atoms with Gasteiger partial charge in [-0.3, -0.25) is 14.5 Å². The van der Waals surface area contributed by atoms with Crippen molar-refractivity contribution in [3.8, 4) is 11.4 Å². The number of nitrogens with two attached hydrogens (primary N) is 1. The average Bonchev–Trinajstić information content (AvgIpc) is 3.17. The predicted molar refractivity (Wildman–Crippen MR) is 104 cm³/mol. The van der Waals surface area contributed by atoms with E-state index in [-0.39, 0.29) is 18.9 Å². The molecule has 2 aromatic heterocycles. The Morgan fingerprint density at radius 3 is 2.55 bits per heavy atom. The molecule has 0 fully saturated rings. The Morgan fingerprint density at radius 1 is 1.21 bits per heavy atom. The van der Waals surface area contributed by atoms with Gasteiger partial charge in [-0.25, -0.2) is 8.78 Å². The predicted octanol–water partition coefficient (Wildman–Crippen LogP) is 2.94. The Hall–Kier alpha value is -2.84. The van der Waals surface area contributed by atoms with Crippen molar-refractivity contribution >= 4 is 17.5 Å². The fraction of sp³-hybridized carbons (Fsp3) is 0.250. The van der Waals surface area contributed by atoms with Gasteiger partial charge in [0.05, 0.1) is 22.5 Å². The van der Waals surface area contributed by atoms with Gasteiger partial charge in [0.15, 0.2) is 0 Å². The molecule has 0 radical (unpaired) electrons. The Labute approximate surface area is 170 Å². The summed E-state index contributed by atoms with van der Waals surface area (Å²) in [7, 11) is 1.76. The molecule has 150 valence electrons. The second-order valence-electron chi connectivity index (χ2n) is 7.00. The maximum absolute atomic E-state index is 13.5. The van der Waals surface area contributed by atoms with Crippen molar-refractivity contribution in [1.29, 1.82) is 0 Å². The lowest BCUT2D eigenvalue weighted by Crippen LogP contribution is -2.42. The maximum Gasteiger partial charge on any atom is 0.256 e. The minimum Gasteiger partial charge on any atom is -0.330 e. The molecule has 6 nitrogen and oxygen atoms in total. The highest BCUT2D eigenvalue weighted by Gasteiger charge is 2.33. The van der Waals surface area contributed by atoms with Gasteiger partial charge >= 0.3 is 0 Å². The van der Waals surface area contributed by atoms with Crippen molar-refractivity contribution in [3.63, 3.8) is 0 Å². The average molecular weight is 418 g/mol. The molecule has 1 aromatic carbocycles. The first-order valence-electron chi connectivity index (χ1n) is 9.00. The van der Waals surface area contributed by atoms with Crippen LogP contribution in [0.3, 0.4) is 0 Å². The number of rotatable bonds is 5.